The van der Waals surface area contributed by atoms with Crippen molar-refractivity contribution in [2.75, 3.05) is 18.4 Å². The van der Waals surface area contributed by atoms with Crippen molar-refractivity contribution < 1.29 is 4.79 Å². The van der Waals surface area contributed by atoms with Crippen LogP contribution in [-0.2, 0) is 0 Å². The maximum absolute atomic E-state index is 12.5. The molecule has 1 aromatic heterocycles. The Balaban J connectivity index is 1.48. The van der Waals surface area contributed by atoms with Gasteiger partial charge in [0.15, 0.2) is 0 Å². The Morgan fingerprint density at radius 3 is 3.12 bits per heavy atom. The van der Waals surface area contributed by atoms with Crippen molar-refractivity contribution in [1.29, 1.82) is 0 Å². The number of amides is 2. The van der Waals surface area contributed by atoms with Crippen LogP contribution in [0.2, 0.25) is 5.02 Å². The highest BCUT2D eigenvalue weighted by Crippen LogP contribution is 2.39. The van der Waals surface area contributed by atoms with E-state index in [1.807, 2.05) is 18.3 Å². The maximum Gasteiger partial charge on any atom is 0.322 e. The molecule has 24 heavy (non-hydrogen) atoms. The van der Waals surface area contributed by atoms with E-state index in [9.17, 15) is 4.79 Å². The van der Waals surface area contributed by atoms with Gasteiger partial charge in [-0.05, 0) is 18.2 Å². The predicted octanol–water partition coefficient (Wildman–Crippen LogP) is 4.50. The molecule has 2 aromatic rings. The minimum Gasteiger partial charge on any atom is -0.320 e. The highest BCUT2D eigenvalue weighted by molar-refractivity contribution is 7.09. The first-order valence-electron chi connectivity index (χ1n) is 7.53. The van der Waals surface area contributed by atoms with Gasteiger partial charge in [0.25, 0.3) is 0 Å². The Kier molecular flexibility index (Phi) is 4.03. The summed E-state index contributed by atoms with van der Waals surface area (Å²) in [6.07, 6.45) is 2.53. The number of nitrogens with zero attached hydrogens (tertiary/aromatic N) is 4. The van der Waals surface area contributed by atoms with Crippen LogP contribution in [0.4, 0.5) is 10.5 Å². The quantitative estimate of drug-likeness (QED) is 0.857. The lowest BCUT2D eigenvalue weighted by Crippen LogP contribution is -2.40. The van der Waals surface area contributed by atoms with E-state index in [4.69, 9.17) is 11.6 Å². The first kappa shape index (κ1) is 15.3. The molecule has 0 bridgehead atoms. The summed E-state index contributed by atoms with van der Waals surface area (Å²) in [5.74, 6) is 0. The summed E-state index contributed by atoms with van der Waals surface area (Å²) in [5, 5.41) is 12.1. The second-order valence-corrected chi connectivity index (χ2v) is 6.96. The topological polar surface area (TPSA) is 70.0 Å². The molecule has 0 radical (unpaired) electrons. The SMILES string of the molecule is O=C(Nc1cccc(Cl)c1)N1CCC2=C(C1)C(c1cncs1)N=N2. The molecule has 1 aromatic carbocycles. The Bertz CT molecular complexity index is 833. The smallest absolute Gasteiger partial charge is 0.320 e. The molecule has 1 N–H and O–H groups in total. The van der Waals surface area contributed by atoms with Crippen LogP contribution < -0.4 is 5.32 Å². The fraction of sp³-hybridized carbons (Fsp3) is 0.250. The number of hydrogen-bond donors (Lipinski definition) is 1. The van der Waals surface area contributed by atoms with Gasteiger partial charge in [0.05, 0.1) is 16.1 Å². The van der Waals surface area contributed by atoms with Crippen LogP contribution in [0.5, 0.6) is 0 Å². The molecule has 2 aliphatic rings. The third-order valence-corrected chi connectivity index (χ3v) is 5.12. The van der Waals surface area contributed by atoms with E-state index < -0.39 is 0 Å². The van der Waals surface area contributed by atoms with Gasteiger partial charge in [-0.25, -0.2) is 4.79 Å². The number of nitrogens with one attached hydrogen (secondary N) is 1. The molecule has 122 valence electrons. The normalized spacial score (nSPS) is 19.5. The largest absolute Gasteiger partial charge is 0.322 e. The lowest BCUT2D eigenvalue weighted by molar-refractivity contribution is 0.213. The van der Waals surface area contributed by atoms with Crippen molar-refractivity contribution >= 4 is 34.7 Å². The van der Waals surface area contributed by atoms with Gasteiger partial charge in [-0.15, -0.1) is 11.3 Å². The molecule has 0 spiro atoms. The average molecular weight is 360 g/mol. The molecular formula is C16H14ClN5OS. The van der Waals surface area contributed by atoms with E-state index in [2.05, 4.69) is 20.5 Å². The minimum atomic E-state index is -0.140. The molecule has 4 rings (SSSR count). The van der Waals surface area contributed by atoms with Crippen LogP contribution in [0.25, 0.3) is 0 Å². The number of halogens is 1. The Hall–Kier alpha value is -2.25. The molecule has 1 atom stereocenters. The minimum absolute atomic E-state index is 0.103. The third kappa shape index (κ3) is 2.92. The predicted molar refractivity (Wildman–Crippen MR) is 93.4 cm³/mol. The van der Waals surface area contributed by atoms with Crippen LogP contribution in [0.15, 0.2) is 57.5 Å². The fourth-order valence-corrected chi connectivity index (χ4v) is 3.74. The summed E-state index contributed by atoms with van der Waals surface area (Å²) in [6.45, 7) is 1.15. The Morgan fingerprint density at radius 2 is 2.33 bits per heavy atom. The van der Waals surface area contributed by atoms with Crippen LogP contribution in [0.1, 0.15) is 17.3 Å². The highest BCUT2D eigenvalue weighted by Gasteiger charge is 2.32. The number of hydrogen-bond acceptors (Lipinski definition) is 5. The Labute approximate surface area is 147 Å². The zero-order chi connectivity index (χ0) is 16.5. The average Bonchev–Trinajstić information content (AvgIpc) is 3.23. The number of anilines is 1. The van der Waals surface area contributed by atoms with Gasteiger partial charge in [0.1, 0.15) is 6.04 Å². The second-order valence-electron chi connectivity index (χ2n) is 5.61. The van der Waals surface area contributed by atoms with E-state index in [1.54, 1.807) is 33.9 Å². The van der Waals surface area contributed by atoms with Gasteiger partial charge < -0.3 is 10.2 Å². The van der Waals surface area contributed by atoms with Gasteiger partial charge in [-0.1, -0.05) is 17.7 Å². The first-order valence-corrected chi connectivity index (χ1v) is 8.79. The van der Waals surface area contributed by atoms with Gasteiger partial charge in [0, 0.05) is 42.0 Å². The highest BCUT2D eigenvalue weighted by atomic mass is 35.5. The van der Waals surface area contributed by atoms with Crippen molar-refractivity contribution in [3.63, 3.8) is 0 Å². The number of aromatic nitrogens is 1. The molecule has 2 amide bonds. The van der Waals surface area contributed by atoms with Gasteiger partial charge >= 0.3 is 6.03 Å². The molecule has 1 unspecified atom stereocenters. The van der Waals surface area contributed by atoms with Gasteiger partial charge in [-0.2, -0.15) is 10.2 Å². The van der Waals surface area contributed by atoms with Crippen molar-refractivity contribution in [2.45, 2.75) is 12.5 Å². The van der Waals surface area contributed by atoms with Gasteiger partial charge in [0.2, 0.25) is 0 Å². The first-order chi connectivity index (χ1) is 11.7. The molecule has 0 fully saturated rings. The van der Waals surface area contributed by atoms with Crippen molar-refractivity contribution in [3.05, 3.63) is 57.1 Å². The standard InChI is InChI=1S/C16H14ClN5OS/c17-10-2-1-3-11(6-10)19-16(23)22-5-4-13-12(8-22)15(21-20-13)14-7-18-9-24-14/h1-3,6-7,9,15H,4-5,8H2,(H,19,23). The van der Waals surface area contributed by atoms with Crippen LogP contribution >= 0.6 is 22.9 Å². The molecule has 0 saturated carbocycles. The monoisotopic (exact) mass is 359 g/mol. The zero-order valence-corrected chi connectivity index (χ0v) is 14.2. The maximum atomic E-state index is 12.5. The molecule has 2 aliphatic heterocycles. The molecule has 0 saturated heterocycles. The Morgan fingerprint density at radius 1 is 1.42 bits per heavy atom. The molecule has 3 heterocycles. The van der Waals surface area contributed by atoms with Crippen molar-refractivity contribution in [3.8, 4) is 0 Å². The molecule has 0 aliphatic carbocycles. The van der Waals surface area contributed by atoms with E-state index in [-0.39, 0.29) is 12.1 Å². The van der Waals surface area contributed by atoms with Crippen molar-refractivity contribution in [1.82, 2.24) is 9.88 Å². The molecule has 8 heteroatoms. The van der Waals surface area contributed by atoms with Gasteiger partial charge in [-0.3, -0.25) is 4.98 Å². The number of benzene rings is 1. The number of thiazole rings is 1. The lowest BCUT2D eigenvalue weighted by Gasteiger charge is -2.28. The summed E-state index contributed by atoms with van der Waals surface area (Å²) in [7, 11) is 0. The van der Waals surface area contributed by atoms with E-state index >= 15 is 0 Å². The summed E-state index contributed by atoms with van der Waals surface area (Å²) < 4.78 is 0. The third-order valence-electron chi connectivity index (χ3n) is 4.06. The molecular weight excluding hydrogens is 346 g/mol. The number of carbonyl (C=O) groups is 1. The number of azo groups is 1. The summed E-state index contributed by atoms with van der Waals surface area (Å²) in [4.78, 5) is 19.5. The number of carbonyl (C=O) groups excluding carboxylic acids is 1. The summed E-state index contributed by atoms with van der Waals surface area (Å²) >= 11 is 7.52. The number of urea groups is 1. The second kappa shape index (κ2) is 6.33. The van der Waals surface area contributed by atoms with E-state index in [1.165, 1.54) is 0 Å². The van der Waals surface area contributed by atoms with E-state index in [0.717, 1.165) is 22.6 Å². The van der Waals surface area contributed by atoms with Crippen LogP contribution in [0.3, 0.4) is 0 Å². The van der Waals surface area contributed by atoms with Crippen LogP contribution in [0, 0.1) is 0 Å². The lowest BCUT2D eigenvalue weighted by atomic mass is 10.0. The molecule has 6 nitrogen and oxygen atoms in total. The number of rotatable bonds is 2. The van der Waals surface area contributed by atoms with Crippen molar-refractivity contribution in [2.24, 2.45) is 10.2 Å². The van der Waals surface area contributed by atoms with Crippen LogP contribution in [-0.4, -0.2) is 29.0 Å². The summed E-state index contributed by atoms with van der Waals surface area (Å²) in [5.41, 5.74) is 4.56. The summed E-state index contributed by atoms with van der Waals surface area (Å²) in [6, 6.07) is 6.89. The fourth-order valence-electron chi connectivity index (χ4n) is 2.86. The van der Waals surface area contributed by atoms with E-state index in [0.29, 0.717) is 23.8 Å². The zero-order valence-electron chi connectivity index (χ0n) is 12.6.